The fourth-order valence-electron chi connectivity index (χ4n) is 1.42. The summed E-state index contributed by atoms with van der Waals surface area (Å²) < 4.78 is 0. The molecule has 0 saturated carbocycles. The zero-order valence-electron chi connectivity index (χ0n) is 8.55. The Morgan fingerprint density at radius 2 is 2.00 bits per heavy atom. The van der Waals surface area contributed by atoms with E-state index in [2.05, 4.69) is 37.4 Å². The lowest BCUT2D eigenvalue weighted by Crippen LogP contribution is -1.87. The molecule has 1 aromatic rings. The average Bonchev–Trinajstić information content (AvgIpc) is 2.16. The first-order valence-electron chi connectivity index (χ1n) is 4.93. The number of aryl methyl sites for hydroxylation is 1. The smallest absolute Gasteiger partial charge is 0.0181 e. The van der Waals surface area contributed by atoms with Crippen molar-refractivity contribution in [1.82, 2.24) is 0 Å². The van der Waals surface area contributed by atoms with Gasteiger partial charge in [0.2, 0.25) is 0 Å². The van der Waals surface area contributed by atoms with Gasteiger partial charge in [0.05, 0.1) is 0 Å². The fourth-order valence-corrected chi connectivity index (χ4v) is 1.94. The van der Waals surface area contributed by atoms with Crippen molar-refractivity contribution >= 4 is 11.8 Å². The Kier molecular flexibility index (Phi) is 4.99. The molecule has 0 aliphatic heterocycles. The van der Waals surface area contributed by atoms with Crippen LogP contribution in [0.1, 0.15) is 30.9 Å². The van der Waals surface area contributed by atoms with Gasteiger partial charge in [-0.25, -0.2) is 0 Å². The van der Waals surface area contributed by atoms with Gasteiger partial charge in [-0.2, -0.15) is 11.8 Å². The van der Waals surface area contributed by atoms with E-state index in [0.717, 1.165) is 5.75 Å². The Morgan fingerprint density at radius 1 is 1.23 bits per heavy atom. The Bertz CT molecular complexity index is 243. The minimum atomic E-state index is 1.14. The predicted octanol–water partition coefficient (Wildman–Crippen LogP) is 3.89. The topological polar surface area (TPSA) is 0 Å². The highest BCUT2D eigenvalue weighted by atomic mass is 32.2. The summed E-state index contributed by atoms with van der Waals surface area (Å²) >= 11 is 1.89. The summed E-state index contributed by atoms with van der Waals surface area (Å²) in [4.78, 5) is 0. The van der Waals surface area contributed by atoms with Crippen molar-refractivity contribution < 1.29 is 0 Å². The second-order valence-electron chi connectivity index (χ2n) is 3.36. The van der Waals surface area contributed by atoms with Gasteiger partial charge in [0.25, 0.3) is 0 Å². The van der Waals surface area contributed by atoms with E-state index in [0.29, 0.717) is 0 Å². The van der Waals surface area contributed by atoms with Gasteiger partial charge in [-0.1, -0.05) is 37.6 Å². The van der Waals surface area contributed by atoms with Crippen molar-refractivity contribution in [2.24, 2.45) is 0 Å². The summed E-state index contributed by atoms with van der Waals surface area (Å²) in [6, 6.07) is 8.97. The summed E-state index contributed by atoms with van der Waals surface area (Å²) in [5.41, 5.74) is 2.95. The van der Waals surface area contributed by atoms with Crippen molar-refractivity contribution in [3.63, 3.8) is 0 Å². The largest absolute Gasteiger partial charge is 0.161 e. The molecule has 1 rings (SSSR count). The Hall–Kier alpha value is -0.430. The van der Waals surface area contributed by atoms with Gasteiger partial charge in [-0.05, 0) is 30.2 Å². The van der Waals surface area contributed by atoms with Gasteiger partial charge < -0.3 is 0 Å². The summed E-state index contributed by atoms with van der Waals surface area (Å²) in [5.74, 6) is 1.14. The van der Waals surface area contributed by atoms with Crippen molar-refractivity contribution in [1.29, 1.82) is 0 Å². The van der Waals surface area contributed by atoms with Crippen molar-refractivity contribution in [2.45, 2.75) is 31.9 Å². The van der Waals surface area contributed by atoms with Crippen LogP contribution in [0.25, 0.3) is 0 Å². The third kappa shape index (κ3) is 3.86. The van der Waals surface area contributed by atoms with Crippen LogP contribution in [0.5, 0.6) is 0 Å². The summed E-state index contributed by atoms with van der Waals surface area (Å²) in [7, 11) is 0. The molecule has 1 aromatic carbocycles. The van der Waals surface area contributed by atoms with Gasteiger partial charge in [0, 0.05) is 5.75 Å². The van der Waals surface area contributed by atoms with Crippen LogP contribution in [-0.4, -0.2) is 6.26 Å². The normalized spacial score (nSPS) is 10.3. The lowest BCUT2D eigenvalue weighted by atomic mass is 10.1. The number of hydrogen-bond acceptors (Lipinski definition) is 1. The summed E-state index contributed by atoms with van der Waals surface area (Å²) in [6.07, 6.45) is 5.98. The molecule has 0 aromatic heterocycles. The monoisotopic (exact) mass is 194 g/mol. The highest BCUT2D eigenvalue weighted by Crippen LogP contribution is 2.12. The molecule has 0 unspecified atom stereocenters. The maximum Gasteiger partial charge on any atom is 0.0181 e. The zero-order chi connectivity index (χ0) is 9.52. The van der Waals surface area contributed by atoms with E-state index in [9.17, 15) is 0 Å². The van der Waals surface area contributed by atoms with E-state index in [1.54, 1.807) is 0 Å². The highest BCUT2D eigenvalue weighted by molar-refractivity contribution is 7.97. The molecule has 0 fully saturated rings. The van der Waals surface area contributed by atoms with E-state index >= 15 is 0 Å². The van der Waals surface area contributed by atoms with E-state index in [4.69, 9.17) is 0 Å². The minimum absolute atomic E-state index is 1.14. The van der Waals surface area contributed by atoms with Crippen molar-refractivity contribution in [2.75, 3.05) is 6.26 Å². The molecule has 13 heavy (non-hydrogen) atoms. The second-order valence-corrected chi connectivity index (χ2v) is 4.22. The van der Waals surface area contributed by atoms with Crippen LogP contribution in [0, 0.1) is 0 Å². The molecule has 0 amide bonds. The molecule has 0 aliphatic rings. The molecule has 0 nitrogen and oxygen atoms in total. The van der Waals surface area contributed by atoms with Crippen LogP contribution < -0.4 is 0 Å². The first-order valence-corrected chi connectivity index (χ1v) is 6.33. The lowest BCUT2D eigenvalue weighted by molar-refractivity contribution is 0.794. The van der Waals surface area contributed by atoms with Crippen LogP contribution in [0.3, 0.4) is 0 Å². The number of unbranched alkanes of at least 4 members (excludes halogenated alkanes) is 1. The Balaban J connectivity index is 2.56. The van der Waals surface area contributed by atoms with E-state index < -0.39 is 0 Å². The maximum absolute atomic E-state index is 2.34. The van der Waals surface area contributed by atoms with Crippen LogP contribution in [0.2, 0.25) is 0 Å². The lowest BCUT2D eigenvalue weighted by Gasteiger charge is -2.03. The van der Waals surface area contributed by atoms with Crippen LogP contribution in [0.4, 0.5) is 0 Å². The van der Waals surface area contributed by atoms with Gasteiger partial charge >= 0.3 is 0 Å². The van der Waals surface area contributed by atoms with E-state index in [1.807, 2.05) is 11.8 Å². The molecular formula is C12H18S. The Morgan fingerprint density at radius 3 is 2.69 bits per heavy atom. The van der Waals surface area contributed by atoms with E-state index in [-0.39, 0.29) is 0 Å². The molecule has 1 heteroatoms. The standard InChI is InChI=1S/C12H18S/c1-3-4-6-11-7-5-8-12(9-11)10-13-2/h5,7-9H,3-4,6,10H2,1-2H3. The quantitative estimate of drug-likeness (QED) is 0.685. The van der Waals surface area contributed by atoms with E-state index in [1.165, 1.54) is 30.4 Å². The first kappa shape index (κ1) is 10.6. The number of hydrogen-bond donors (Lipinski definition) is 0. The van der Waals surface area contributed by atoms with Crippen LogP contribution >= 0.6 is 11.8 Å². The molecule has 0 aliphatic carbocycles. The average molecular weight is 194 g/mol. The zero-order valence-corrected chi connectivity index (χ0v) is 9.36. The van der Waals surface area contributed by atoms with Crippen molar-refractivity contribution in [3.8, 4) is 0 Å². The molecule has 0 radical (unpaired) electrons. The Labute approximate surface area is 85.7 Å². The molecule has 0 saturated heterocycles. The second kappa shape index (κ2) is 6.09. The number of benzene rings is 1. The number of rotatable bonds is 5. The molecule has 72 valence electrons. The van der Waals surface area contributed by atoms with Gasteiger partial charge in [0.15, 0.2) is 0 Å². The van der Waals surface area contributed by atoms with Gasteiger partial charge in [0.1, 0.15) is 0 Å². The molecular weight excluding hydrogens is 176 g/mol. The third-order valence-electron chi connectivity index (χ3n) is 2.12. The summed E-state index contributed by atoms with van der Waals surface area (Å²) in [5, 5.41) is 0. The van der Waals surface area contributed by atoms with Crippen molar-refractivity contribution in [3.05, 3.63) is 35.4 Å². The summed E-state index contributed by atoms with van der Waals surface area (Å²) in [6.45, 7) is 2.24. The minimum Gasteiger partial charge on any atom is -0.161 e. The number of thioether (sulfide) groups is 1. The first-order chi connectivity index (χ1) is 6.36. The van der Waals surface area contributed by atoms with Crippen LogP contribution in [0.15, 0.2) is 24.3 Å². The van der Waals surface area contributed by atoms with Gasteiger partial charge in [-0.3, -0.25) is 0 Å². The molecule has 0 heterocycles. The third-order valence-corrected chi connectivity index (χ3v) is 2.74. The SMILES string of the molecule is CCCCc1cccc(CSC)c1. The predicted molar refractivity (Wildman–Crippen MR) is 62.3 cm³/mol. The van der Waals surface area contributed by atoms with Gasteiger partial charge in [-0.15, -0.1) is 0 Å². The molecule has 0 N–H and O–H groups in total. The highest BCUT2D eigenvalue weighted by Gasteiger charge is 1.94. The molecule has 0 spiro atoms. The molecule has 0 atom stereocenters. The molecule has 0 bridgehead atoms. The van der Waals surface area contributed by atoms with Crippen LogP contribution in [-0.2, 0) is 12.2 Å². The maximum atomic E-state index is 2.34. The fraction of sp³-hybridized carbons (Fsp3) is 0.500.